The number of hydrogen-bond acceptors (Lipinski definition) is 3. The summed E-state index contributed by atoms with van der Waals surface area (Å²) < 4.78 is 35.4. The van der Waals surface area contributed by atoms with Crippen molar-refractivity contribution in [1.29, 1.82) is 0 Å². The minimum atomic E-state index is -4.09. The number of amides is 1. The lowest BCUT2D eigenvalue weighted by Gasteiger charge is -2.10. The van der Waals surface area contributed by atoms with E-state index in [4.69, 9.17) is 0 Å². The molecule has 1 aliphatic rings. The van der Waals surface area contributed by atoms with Gasteiger partial charge in [-0.25, -0.2) is 0 Å². The van der Waals surface area contributed by atoms with Crippen LogP contribution >= 0.6 is 11.8 Å². The van der Waals surface area contributed by atoms with Crippen LogP contribution in [0.25, 0.3) is 0 Å². The van der Waals surface area contributed by atoms with Gasteiger partial charge in [0.15, 0.2) is 0 Å². The third-order valence-corrected chi connectivity index (χ3v) is 3.16. The highest BCUT2D eigenvalue weighted by atomic mass is 32.2. The van der Waals surface area contributed by atoms with Gasteiger partial charge in [0.05, 0.1) is 6.04 Å². The second-order valence-electron chi connectivity index (χ2n) is 3.64. The lowest BCUT2D eigenvalue weighted by atomic mass is 10.2. The average molecular weight is 256 g/mol. The smallest absolute Gasteiger partial charge is 0.355 e. The van der Waals surface area contributed by atoms with Crippen molar-refractivity contribution >= 4 is 17.7 Å². The van der Waals surface area contributed by atoms with E-state index in [0.29, 0.717) is 13.0 Å². The van der Waals surface area contributed by atoms with Crippen LogP contribution in [0.1, 0.15) is 19.3 Å². The first-order valence-corrected chi connectivity index (χ1v) is 6.30. The van der Waals surface area contributed by atoms with E-state index in [1.807, 2.05) is 0 Å². The fourth-order valence-corrected chi connectivity index (χ4v) is 2.29. The van der Waals surface area contributed by atoms with Crippen molar-refractivity contribution in [2.24, 2.45) is 0 Å². The fourth-order valence-electron chi connectivity index (χ4n) is 1.35. The van der Waals surface area contributed by atoms with Crippen LogP contribution in [0.4, 0.5) is 13.2 Å². The van der Waals surface area contributed by atoms with E-state index in [2.05, 4.69) is 10.6 Å². The van der Waals surface area contributed by atoms with E-state index in [1.165, 1.54) is 0 Å². The van der Waals surface area contributed by atoms with Crippen LogP contribution in [-0.4, -0.2) is 36.3 Å². The Labute approximate surface area is 96.5 Å². The Balaban J connectivity index is 2.00. The molecular weight excluding hydrogens is 241 g/mol. The molecule has 1 fully saturated rings. The number of hydrogen-bond donors (Lipinski definition) is 2. The summed E-state index contributed by atoms with van der Waals surface area (Å²) in [6.07, 6.45) is -4.43. The molecule has 0 aromatic rings. The zero-order chi connectivity index (χ0) is 12.0. The quantitative estimate of drug-likeness (QED) is 0.732. The van der Waals surface area contributed by atoms with Gasteiger partial charge >= 0.3 is 6.18 Å². The van der Waals surface area contributed by atoms with Crippen LogP contribution < -0.4 is 10.6 Å². The van der Waals surface area contributed by atoms with E-state index in [-0.39, 0.29) is 18.4 Å². The Morgan fingerprint density at radius 3 is 2.75 bits per heavy atom. The van der Waals surface area contributed by atoms with Gasteiger partial charge < -0.3 is 5.32 Å². The molecule has 1 saturated heterocycles. The highest BCUT2D eigenvalue weighted by Crippen LogP contribution is 2.21. The van der Waals surface area contributed by atoms with Crippen LogP contribution in [0.3, 0.4) is 0 Å². The number of alkyl halides is 3. The predicted octanol–water partition coefficient (Wildman–Crippen LogP) is 1.50. The molecule has 1 unspecified atom stereocenters. The molecule has 16 heavy (non-hydrogen) atoms. The minimum Gasteiger partial charge on any atom is -0.355 e. The highest BCUT2D eigenvalue weighted by Gasteiger charge is 2.26. The predicted molar refractivity (Wildman–Crippen MR) is 57.2 cm³/mol. The van der Waals surface area contributed by atoms with Gasteiger partial charge in [0, 0.05) is 24.6 Å². The topological polar surface area (TPSA) is 41.1 Å². The maximum absolute atomic E-state index is 11.8. The van der Waals surface area contributed by atoms with Crippen molar-refractivity contribution in [1.82, 2.24) is 10.6 Å². The van der Waals surface area contributed by atoms with E-state index in [0.717, 1.165) is 11.6 Å². The van der Waals surface area contributed by atoms with E-state index in [9.17, 15) is 18.0 Å². The van der Waals surface area contributed by atoms with E-state index < -0.39 is 12.6 Å². The Bertz CT molecular complexity index is 229. The second kappa shape index (κ2) is 6.34. The number of carbonyl (C=O) groups excluding carboxylic acids is 1. The molecule has 0 bridgehead atoms. The molecule has 0 spiro atoms. The summed E-state index contributed by atoms with van der Waals surface area (Å²) in [5.41, 5.74) is 0. The molecule has 0 saturated carbocycles. The summed E-state index contributed by atoms with van der Waals surface area (Å²) in [6, 6.07) is -0.187. The van der Waals surface area contributed by atoms with Crippen LogP contribution in [0.2, 0.25) is 0 Å². The van der Waals surface area contributed by atoms with E-state index >= 15 is 0 Å². The molecule has 94 valence electrons. The number of halogens is 3. The number of carbonyl (C=O) groups is 1. The second-order valence-corrected chi connectivity index (χ2v) is 4.67. The lowest BCUT2D eigenvalue weighted by molar-refractivity contribution is -0.135. The first-order chi connectivity index (χ1) is 7.49. The van der Waals surface area contributed by atoms with Gasteiger partial charge in [-0.1, -0.05) is 0 Å². The van der Waals surface area contributed by atoms with Crippen molar-refractivity contribution in [2.45, 2.75) is 31.5 Å². The van der Waals surface area contributed by atoms with Gasteiger partial charge in [-0.05, 0) is 12.8 Å². The zero-order valence-corrected chi connectivity index (χ0v) is 9.59. The van der Waals surface area contributed by atoms with Gasteiger partial charge in [0.2, 0.25) is 5.91 Å². The highest BCUT2D eigenvalue weighted by molar-refractivity contribution is 7.99. The average Bonchev–Trinajstić information content (AvgIpc) is 2.67. The fraction of sp³-hybridized carbons (Fsp3) is 0.889. The Morgan fingerprint density at radius 1 is 1.44 bits per heavy atom. The summed E-state index contributed by atoms with van der Waals surface area (Å²) >= 11 is 1.64. The summed E-state index contributed by atoms with van der Waals surface area (Å²) in [4.78, 5) is 11.4. The van der Waals surface area contributed by atoms with Crippen LogP contribution in [0, 0.1) is 0 Å². The summed E-state index contributed by atoms with van der Waals surface area (Å²) in [5.74, 6) is 1.37. The Hall–Kier alpha value is -0.430. The maximum Gasteiger partial charge on any atom is 0.389 e. The van der Waals surface area contributed by atoms with Gasteiger partial charge in [-0.15, -0.1) is 11.8 Å². The van der Waals surface area contributed by atoms with Crippen LogP contribution in [0.5, 0.6) is 0 Å². The third-order valence-electron chi connectivity index (χ3n) is 2.22. The summed E-state index contributed by atoms with van der Waals surface area (Å²) in [7, 11) is 0. The zero-order valence-electron chi connectivity index (χ0n) is 8.77. The lowest BCUT2D eigenvalue weighted by Crippen LogP contribution is -2.42. The van der Waals surface area contributed by atoms with Crippen LogP contribution in [-0.2, 0) is 4.79 Å². The first kappa shape index (κ1) is 13.6. The van der Waals surface area contributed by atoms with Gasteiger partial charge in [0.25, 0.3) is 0 Å². The van der Waals surface area contributed by atoms with Crippen molar-refractivity contribution < 1.29 is 18.0 Å². The summed E-state index contributed by atoms with van der Waals surface area (Å²) in [5, 5.41) is 5.62. The molecule has 2 N–H and O–H groups in total. The van der Waals surface area contributed by atoms with Crippen molar-refractivity contribution in [3.05, 3.63) is 0 Å². The molecule has 1 atom stereocenters. The molecule has 1 amide bonds. The van der Waals surface area contributed by atoms with Gasteiger partial charge in [-0.2, -0.15) is 13.2 Å². The standard InChI is InChI=1S/C9H15F3N2OS/c10-9(11,12)3-1-2-4-13-8(15)7-5-16-6-14-7/h7,14H,1-6H2,(H,13,15). The molecule has 3 nitrogen and oxygen atoms in total. The number of unbranched alkanes of at least 4 members (excludes halogenated alkanes) is 1. The largest absolute Gasteiger partial charge is 0.389 e. The molecule has 0 aromatic carbocycles. The molecule has 0 aliphatic carbocycles. The number of rotatable bonds is 5. The van der Waals surface area contributed by atoms with Crippen molar-refractivity contribution in [2.75, 3.05) is 18.2 Å². The number of nitrogens with one attached hydrogen (secondary N) is 2. The normalized spacial score (nSPS) is 21.1. The summed E-state index contributed by atoms with van der Waals surface area (Å²) in [6.45, 7) is 0.317. The SMILES string of the molecule is O=C(NCCCCC(F)(F)F)C1CSCN1. The molecule has 7 heteroatoms. The minimum absolute atomic E-state index is 0.0661. The van der Waals surface area contributed by atoms with Gasteiger partial charge in [0.1, 0.15) is 0 Å². The molecule has 0 aromatic heterocycles. The molecular formula is C9H15F3N2OS. The Kier molecular flexibility index (Phi) is 5.40. The first-order valence-electron chi connectivity index (χ1n) is 5.14. The van der Waals surface area contributed by atoms with E-state index in [1.54, 1.807) is 11.8 Å². The van der Waals surface area contributed by atoms with Gasteiger partial charge in [-0.3, -0.25) is 10.1 Å². The molecule has 1 rings (SSSR count). The van der Waals surface area contributed by atoms with Crippen LogP contribution in [0.15, 0.2) is 0 Å². The monoisotopic (exact) mass is 256 g/mol. The third kappa shape index (κ3) is 5.60. The molecule has 1 aliphatic heterocycles. The van der Waals surface area contributed by atoms with Crippen molar-refractivity contribution in [3.8, 4) is 0 Å². The molecule has 0 radical (unpaired) electrons. The number of thioether (sulfide) groups is 1. The van der Waals surface area contributed by atoms with Crippen molar-refractivity contribution in [3.63, 3.8) is 0 Å². The molecule has 1 heterocycles. The Morgan fingerprint density at radius 2 is 2.19 bits per heavy atom. The maximum atomic E-state index is 11.8.